The lowest BCUT2D eigenvalue weighted by molar-refractivity contribution is 0.0996. The van der Waals surface area contributed by atoms with Gasteiger partial charge in [0.2, 0.25) is 5.95 Å². The normalized spacial score (nSPS) is 25.4. The van der Waals surface area contributed by atoms with Gasteiger partial charge in [-0.3, -0.25) is 0 Å². The molecule has 1 aromatic heterocycles. The largest absolute Gasteiger partial charge is 0.376 e. The molecule has 2 atom stereocenters. The number of hydrogen-bond donors (Lipinski definition) is 1. The molecular formula is C14H21ClN4O2. The van der Waals surface area contributed by atoms with Crippen molar-refractivity contribution in [1.82, 2.24) is 9.97 Å². The lowest BCUT2D eigenvalue weighted by atomic mass is 10.2. The molecule has 1 aromatic rings. The Hall–Kier alpha value is -1.11. The summed E-state index contributed by atoms with van der Waals surface area (Å²) in [5.41, 5.74) is 5.72. The first-order valence-corrected chi connectivity index (χ1v) is 7.87. The van der Waals surface area contributed by atoms with Crippen molar-refractivity contribution in [3.05, 3.63) is 11.2 Å². The molecule has 0 spiro atoms. The van der Waals surface area contributed by atoms with E-state index in [-0.39, 0.29) is 18.2 Å². The molecule has 7 heteroatoms. The molecule has 0 unspecified atom stereocenters. The Kier molecular flexibility index (Phi) is 4.77. The van der Waals surface area contributed by atoms with Gasteiger partial charge >= 0.3 is 0 Å². The second-order valence-corrected chi connectivity index (χ2v) is 5.97. The topological polar surface area (TPSA) is 73.5 Å². The zero-order chi connectivity index (χ0) is 14.7. The summed E-state index contributed by atoms with van der Waals surface area (Å²) in [4.78, 5) is 10.4. The van der Waals surface area contributed by atoms with Crippen molar-refractivity contribution in [3.63, 3.8) is 0 Å². The molecule has 0 bridgehead atoms. The summed E-state index contributed by atoms with van der Waals surface area (Å²) < 4.78 is 11.5. The van der Waals surface area contributed by atoms with E-state index in [1.165, 1.54) is 0 Å². The highest BCUT2D eigenvalue weighted by Crippen LogP contribution is 2.23. The summed E-state index contributed by atoms with van der Waals surface area (Å²) in [5, 5.41) is 0.363. The van der Waals surface area contributed by atoms with Gasteiger partial charge in [-0.1, -0.05) is 11.6 Å². The first-order chi connectivity index (χ1) is 10.2. The summed E-state index contributed by atoms with van der Waals surface area (Å²) in [5.74, 6) is 0.945. The van der Waals surface area contributed by atoms with Crippen LogP contribution in [0.3, 0.4) is 0 Å². The van der Waals surface area contributed by atoms with E-state index in [9.17, 15) is 0 Å². The van der Waals surface area contributed by atoms with Crippen LogP contribution in [0.15, 0.2) is 6.07 Å². The molecule has 2 aliphatic heterocycles. The summed E-state index contributed by atoms with van der Waals surface area (Å²) in [6.45, 7) is 3.25. The third-order valence-corrected chi connectivity index (χ3v) is 4.11. The molecule has 2 aliphatic rings. The Morgan fingerprint density at radius 1 is 1.14 bits per heavy atom. The van der Waals surface area contributed by atoms with Crippen molar-refractivity contribution in [2.24, 2.45) is 0 Å². The van der Waals surface area contributed by atoms with Crippen LogP contribution < -0.4 is 10.6 Å². The van der Waals surface area contributed by atoms with Gasteiger partial charge in [-0.05, 0) is 25.7 Å². The number of rotatable bonds is 5. The number of aromatic nitrogens is 2. The maximum Gasteiger partial charge on any atom is 0.223 e. The molecular weight excluding hydrogens is 292 g/mol. The maximum atomic E-state index is 6.01. The third kappa shape index (κ3) is 3.96. The molecule has 21 heavy (non-hydrogen) atoms. The molecule has 0 amide bonds. The maximum absolute atomic E-state index is 6.01. The van der Waals surface area contributed by atoms with Crippen LogP contribution in [0.5, 0.6) is 0 Å². The Labute approximate surface area is 129 Å². The van der Waals surface area contributed by atoms with Crippen LogP contribution in [0.4, 0.5) is 11.8 Å². The SMILES string of the molecule is Nc1nc(Cl)cc(N(C[C@@H]2CCCO2)C[C@@H]2CCCO2)n1. The van der Waals surface area contributed by atoms with Gasteiger partial charge in [-0.15, -0.1) is 0 Å². The first kappa shape index (κ1) is 14.8. The van der Waals surface area contributed by atoms with Crippen LogP contribution in [0.1, 0.15) is 25.7 Å². The van der Waals surface area contributed by atoms with Crippen LogP contribution in [0.2, 0.25) is 5.15 Å². The predicted molar refractivity (Wildman–Crippen MR) is 81.6 cm³/mol. The summed E-state index contributed by atoms with van der Waals surface area (Å²) in [7, 11) is 0. The van der Waals surface area contributed by atoms with Gasteiger partial charge < -0.3 is 20.1 Å². The van der Waals surface area contributed by atoms with Crippen LogP contribution in [-0.4, -0.2) is 48.5 Å². The molecule has 116 valence electrons. The predicted octanol–water partition coefficient (Wildman–Crippen LogP) is 1.88. The monoisotopic (exact) mass is 312 g/mol. The Balaban J connectivity index is 1.75. The van der Waals surface area contributed by atoms with Crippen molar-refractivity contribution < 1.29 is 9.47 Å². The van der Waals surface area contributed by atoms with Gasteiger partial charge in [0.15, 0.2) is 0 Å². The van der Waals surface area contributed by atoms with Crippen LogP contribution in [0, 0.1) is 0 Å². The van der Waals surface area contributed by atoms with Crippen LogP contribution >= 0.6 is 11.6 Å². The number of hydrogen-bond acceptors (Lipinski definition) is 6. The fourth-order valence-corrected chi connectivity index (χ4v) is 3.10. The van der Waals surface area contributed by atoms with Gasteiger partial charge in [0.25, 0.3) is 0 Å². The van der Waals surface area contributed by atoms with Gasteiger partial charge in [0.1, 0.15) is 11.0 Å². The van der Waals surface area contributed by atoms with Crippen LogP contribution in [0.25, 0.3) is 0 Å². The highest BCUT2D eigenvalue weighted by molar-refractivity contribution is 6.29. The standard InChI is InChI=1S/C14H21ClN4O2/c15-12-7-13(18-14(16)17-12)19(8-10-3-1-5-20-10)9-11-4-2-6-21-11/h7,10-11H,1-6,8-9H2,(H2,16,17,18)/t10-,11-/m0/s1. The molecule has 0 radical (unpaired) electrons. The molecule has 2 saturated heterocycles. The molecule has 0 aliphatic carbocycles. The van der Waals surface area contributed by atoms with Gasteiger partial charge in [0.05, 0.1) is 12.2 Å². The molecule has 6 nitrogen and oxygen atoms in total. The zero-order valence-corrected chi connectivity index (χ0v) is 12.8. The van der Waals surface area contributed by atoms with E-state index >= 15 is 0 Å². The van der Waals surface area contributed by atoms with Gasteiger partial charge in [-0.2, -0.15) is 4.98 Å². The average Bonchev–Trinajstić information content (AvgIpc) is 3.10. The lowest BCUT2D eigenvalue weighted by Gasteiger charge is -2.28. The van der Waals surface area contributed by atoms with Crippen molar-refractivity contribution in [2.75, 3.05) is 36.9 Å². The van der Waals surface area contributed by atoms with Crippen LogP contribution in [-0.2, 0) is 9.47 Å². The van der Waals surface area contributed by atoms with Crippen molar-refractivity contribution in [3.8, 4) is 0 Å². The van der Waals surface area contributed by atoms with Crippen molar-refractivity contribution in [2.45, 2.75) is 37.9 Å². The fraction of sp³-hybridized carbons (Fsp3) is 0.714. The number of halogens is 1. The number of nitrogens with zero attached hydrogens (tertiary/aromatic N) is 3. The zero-order valence-electron chi connectivity index (χ0n) is 12.0. The fourth-order valence-electron chi connectivity index (χ4n) is 2.91. The quantitative estimate of drug-likeness (QED) is 0.837. The van der Waals surface area contributed by atoms with Crippen molar-refractivity contribution in [1.29, 1.82) is 0 Å². The van der Waals surface area contributed by atoms with Gasteiger partial charge in [0, 0.05) is 32.4 Å². The lowest BCUT2D eigenvalue weighted by Crippen LogP contribution is -2.38. The molecule has 0 aromatic carbocycles. The Bertz CT molecular complexity index is 438. The van der Waals surface area contributed by atoms with Gasteiger partial charge in [-0.25, -0.2) is 4.98 Å². The van der Waals surface area contributed by atoms with E-state index in [1.54, 1.807) is 6.07 Å². The van der Waals surface area contributed by atoms with E-state index < -0.39 is 0 Å². The Morgan fingerprint density at radius 2 is 1.76 bits per heavy atom. The molecule has 2 N–H and O–H groups in total. The highest BCUT2D eigenvalue weighted by atomic mass is 35.5. The highest BCUT2D eigenvalue weighted by Gasteiger charge is 2.25. The molecule has 2 fully saturated rings. The molecule has 0 saturated carbocycles. The van der Waals surface area contributed by atoms with E-state index in [0.717, 1.165) is 57.8 Å². The third-order valence-electron chi connectivity index (χ3n) is 3.92. The summed E-state index contributed by atoms with van der Waals surface area (Å²) in [6.07, 6.45) is 4.87. The van der Waals surface area contributed by atoms with E-state index in [2.05, 4.69) is 14.9 Å². The smallest absolute Gasteiger partial charge is 0.223 e. The first-order valence-electron chi connectivity index (χ1n) is 7.49. The second-order valence-electron chi connectivity index (χ2n) is 5.58. The minimum Gasteiger partial charge on any atom is -0.376 e. The molecule has 3 rings (SSSR count). The number of anilines is 2. The minimum atomic E-state index is 0.196. The summed E-state index contributed by atoms with van der Waals surface area (Å²) >= 11 is 6.01. The number of ether oxygens (including phenoxy) is 2. The average molecular weight is 313 g/mol. The number of nitrogen functional groups attached to an aromatic ring is 1. The van der Waals surface area contributed by atoms with Crippen molar-refractivity contribution >= 4 is 23.4 Å². The molecule has 3 heterocycles. The second kappa shape index (κ2) is 6.77. The number of nitrogens with two attached hydrogens (primary N) is 1. The minimum absolute atomic E-state index is 0.196. The van der Waals surface area contributed by atoms with E-state index in [0.29, 0.717) is 5.15 Å². The Morgan fingerprint density at radius 3 is 2.24 bits per heavy atom. The van der Waals surface area contributed by atoms with E-state index in [1.807, 2.05) is 0 Å². The summed E-state index contributed by atoms with van der Waals surface area (Å²) in [6, 6.07) is 1.75. The van der Waals surface area contributed by atoms with E-state index in [4.69, 9.17) is 26.8 Å².